The summed E-state index contributed by atoms with van der Waals surface area (Å²) in [5.41, 5.74) is 2.48. The van der Waals surface area contributed by atoms with E-state index in [0.717, 1.165) is 18.8 Å². The summed E-state index contributed by atoms with van der Waals surface area (Å²) in [4.78, 5) is 4.73. The van der Waals surface area contributed by atoms with Crippen LogP contribution in [0, 0.1) is 19.8 Å². The first-order valence-electron chi connectivity index (χ1n) is 8.22. The third kappa shape index (κ3) is 4.90. The average molecular weight is 321 g/mol. The summed E-state index contributed by atoms with van der Waals surface area (Å²) in [5, 5.41) is 5.42. The highest BCUT2D eigenvalue weighted by Gasteiger charge is 2.12. The third-order valence-corrected chi connectivity index (χ3v) is 4.86. The van der Waals surface area contributed by atoms with Crippen molar-refractivity contribution in [3.8, 4) is 0 Å². The third-order valence-electron chi connectivity index (χ3n) is 3.79. The first-order chi connectivity index (χ1) is 10.6. The van der Waals surface area contributed by atoms with Crippen molar-refractivity contribution in [2.24, 2.45) is 5.92 Å². The molecule has 0 aliphatic carbocycles. The summed E-state index contributed by atoms with van der Waals surface area (Å²) in [6.07, 6.45) is 7.55. The van der Waals surface area contributed by atoms with Gasteiger partial charge < -0.3 is 4.57 Å². The number of nitrogens with zero attached hydrogens (tertiary/aromatic N) is 4. The molecule has 0 amide bonds. The molecule has 2 heterocycles. The van der Waals surface area contributed by atoms with Crippen LogP contribution in [-0.4, -0.2) is 25.1 Å². The Balaban J connectivity index is 1.73. The van der Waals surface area contributed by atoms with E-state index in [4.69, 9.17) is 4.98 Å². The lowest BCUT2D eigenvalue weighted by Crippen LogP contribution is -2.07. The summed E-state index contributed by atoms with van der Waals surface area (Å²) < 4.78 is 4.39. The molecule has 0 aliphatic rings. The van der Waals surface area contributed by atoms with Gasteiger partial charge in [0.2, 0.25) is 0 Å². The van der Waals surface area contributed by atoms with E-state index in [-0.39, 0.29) is 0 Å². The van der Waals surface area contributed by atoms with Crippen LogP contribution >= 0.6 is 11.8 Å². The van der Waals surface area contributed by atoms with Gasteiger partial charge in [-0.3, -0.25) is 4.68 Å². The fourth-order valence-electron chi connectivity index (χ4n) is 2.46. The molecule has 122 valence electrons. The van der Waals surface area contributed by atoms with E-state index in [1.54, 1.807) is 0 Å². The standard InChI is InChI=1S/C17H28N4S/c1-14(2)13-21-16(4)15(3)19-17(21)22-12-7-5-6-10-20-11-8-9-18-20/h8-9,11,14H,5-7,10,12-13H2,1-4H3. The fourth-order valence-corrected chi connectivity index (χ4v) is 3.56. The maximum Gasteiger partial charge on any atom is 0.168 e. The van der Waals surface area contributed by atoms with Crippen LogP contribution < -0.4 is 0 Å². The molecule has 2 aromatic rings. The minimum Gasteiger partial charge on any atom is -0.323 e. The smallest absolute Gasteiger partial charge is 0.168 e. The number of thioether (sulfide) groups is 1. The van der Waals surface area contributed by atoms with Crippen molar-refractivity contribution in [1.29, 1.82) is 0 Å². The Morgan fingerprint density at radius 1 is 1.18 bits per heavy atom. The second kappa shape index (κ2) is 8.42. The van der Waals surface area contributed by atoms with Crippen molar-refractivity contribution in [2.45, 2.75) is 65.2 Å². The largest absolute Gasteiger partial charge is 0.323 e. The molecule has 0 saturated heterocycles. The molecule has 5 heteroatoms. The van der Waals surface area contributed by atoms with Gasteiger partial charge in [0.25, 0.3) is 0 Å². The van der Waals surface area contributed by atoms with Gasteiger partial charge in [-0.25, -0.2) is 4.98 Å². The van der Waals surface area contributed by atoms with Gasteiger partial charge in [0.15, 0.2) is 5.16 Å². The molecule has 0 bridgehead atoms. The SMILES string of the molecule is Cc1nc(SCCCCCn2cccn2)n(CC(C)C)c1C. The zero-order valence-corrected chi connectivity index (χ0v) is 15.1. The van der Waals surface area contributed by atoms with Gasteiger partial charge in [-0.1, -0.05) is 32.0 Å². The van der Waals surface area contributed by atoms with Crippen molar-refractivity contribution < 1.29 is 0 Å². The predicted octanol–water partition coefficient (Wildman–Crippen LogP) is 4.32. The summed E-state index contributed by atoms with van der Waals surface area (Å²) in [6, 6.07) is 1.98. The van der Waals surface area contributed by atoms with Crippen molar-refractivity contribution in [3.63, 3.8) is 0 Å². The van der Waals surface area contributed by atoms with E-state index >= 15 is 0 Å². The van der Waals surface area contributed by atoms with Crippen LogP contribution in [0.5, 0.6) is 0 Å². The molecular formula is C17H28N4S. The topological polar surface area (TPSA) is 35.6 Å². The van der Waals surface area contributed by atoms with Gasteiger partial charge in [-0.15, -0.1) is 0 Å². The molecule has 2 rings (SSSR count). The number of hydrogen-bond donors (Lipinski definition) is 0. The number of imidazole rings is 1. The van der Waals surface area contributed by atoms with Gasteiger partial charge in [-0.05, 0) is 38.7 Å². The maximum atomic E-state index is 4.73. The number of rotatable bonds is 9. The highest BCUT2D eigenvalue weighted by molar-refractivity contribution is 7.99. The molecule has 2 aromatic heterocycles. The second-order valence-corrected chi connectivity index (χ2v) is 7.31. The van der Waals surface area contributed by atoms with Crippen LogP contribution in [0.25, 0.3) is 0 Å². The Morgan fingerprint density at radius 3 is 2.68 bits per heavy atom. The molecule has 0 unspecified atom stereocenters. The van der Waals surface area contributed by atoms with Crippen molar-refractivity contribution >= 4 is 11.8 Å². The second-order valence-electron chi connectivity index (χ2n) is 6.25. The molecule has 4 nitrogen and oxygen atoms in total. The molecule has 0 saturated carbocycles. The summed E-state index contributed by atoms with van der Waals surface area (Å²) in [6.45, 7) is 10.9. The lowest BCUT2D eigenvalue weighted by Gasteiger charge is -2.12. The maximum absolute atomic E-state index is 4.73. The number of unbranched alkanes of at least 4 members (excludes halogenated alkanes) is 2. The number of aryl methyl sites for hydroxylation is 2. The number of hydrogen-bond acceptors (Lipinski definition) is 3. The highest BCUT2D eigenvalue weighted by atomic mass is 32.2. The summed E-state index contributed by atoms with van der Waals surface area (Å²) >= 11 is 1.90. The molecule has 0 radical (unpaired) electrons. The average Bonchev–Trinajstić information content (AvgIpc) is 3.07. The van der Waals surface area contributed by atoms with Crippen LogP contribution in [0.15, 0.2) is 23.6 Å². The molecule has 22 heavy (non-hydrogen) atoms. The van der Waals surface area contributed by atoms with Crippen molar-refractivity contribution in [3.05, 3.63) is 29.8 Å². The van der Waals surface area contributed by atoms with E-state index in [9.17, 15) is 0 Å². The Kier molecular flexibility index (Phi) is 6.55. The van der Waals surface area contributed by atoms with Gasteiger partial charge >= 0.3 is 0 Å². The van der Waals surface area contributed by atoms with Gasteiger partial charge in [-0.2, -0.15) is 5.10 Å². The molecule has 0 spiro atoms. The summed E-state index contributed by atoms with van der Waals surface area (Å²) in [5.74, 6) is 1.80. The van der Waals surface area contributed by atoms with Gasteiger partial charge in [0.05, 0.1) is 5.69 Å². The zero-order valence-electron chi connectivity index (χ0n) is 14.2. The van der Waals surface area contributed by atoms with E-state index in [1.807, 2.05) is 34.9 Å². The lowest BCUT2D eigenvalue weighted by atomic mass is 10.2. The van der Waals surface area contributed by atoms with Crippen molar-refractivity contribution in [2.75, 3.05) is 5.75 Å². The van der Waals surface area contributed by atoms with Gasteiger partial charge in [0.1, 0.15) is 0 Å². The molecule has 0 aromatic carbocycles. The van der Waals surface area contributed by atoms with Gasteiger partial charge in [0, 0.05) is 36.9 Å². The molecular weight excluding hydrogens is 292 g/mol. The van der Waals surface area contributed by atoms with E-state index in [1.165, 1.54) is 35.8 Å². The van der Waals surface area contributed by atoms with E-state index < -0.39 is 0 Å². The molecule has 0 atom stereocenters. The van der Waals surface area contributed by atoms with Crippen molar-refractivity contribution in [1.82, 2.24) is 19.3 Å². The van der Waals surface area contributed by atoms with E-state index in [0.29, 0.717) is 5.92 Å². The first kappa shape index (κ1) is 17.1. The predicted molar refractivity (Wildman–Crippen MR) is 93.3 cm³/mol. The molecule has 0 aliphatic heterocycles. The Labute approximate surface area is 138 Å². The normalized spacial score (nSPS) is 11.5. The van der Waals surface area contributed by atoms with Crippen LogP contribution in [0.4, 0.5) is 0 Å². The van der Waals surface area contributed by atoms with E-state index in [2.05, 4.69) is 37.4 Å². The Bertz CT molecular complexity index is 557. The Morgan fingerprint density at radius 2 is 2.00 bits per heavy atom. The Hall–Kier alpha value is -1.23. The molecule has 0 N–H and O–H groups in total. The quantitative estimate of drug-likeness (QED) is 0.510. The van der Waals surface area contributed by atoms with Crippen LogP contribution in [-0.2, 0) is 13.1 Å². The first-order valence-corrected chi connectivity index (χ1v) is 9.20. The summed E-state index contributed by atoms with van der Waals surface area (Å²) in [7, 11) is 0. The van der Waals surface area contributed by atoms with Crippen LogP contribution in [0.3, 0.4) is 0 Å². The fraction of sp³-hybridized carbons (Fsp3) is 0.647. The zero-order chi connectivity index (χ0) is 15.9. The highest BCUT2D eigenvalue weighted by Crippen LogP contribution is 2.23. The lowest BCUT2D eigenvalue weighted by molar-refractivity contribution is 0.486. The number of aromatic nitrogens is 4. The van der Waals surface area contributed by atoms with Crippen LogP contribution in [0.1, 0.15) is 44.5 Å². The minimum absolute atomic E-state index is 0.653. The molecule has 0 fully saturated rings. The monoisotopic (exact) mass is 320 g/mol. The minimum atomic E-state index is 0.653. The van der Waals surface area contributed by atoms with Crippen LogP contribution in [0.2, 0.25) is 0 Å².